The molecule has 0 aliphatic heterocycles. The fourth-order valence-corrected chi connectivity index (χ4v) is 2.09. The Morgan fingerprint density at radius 1 is 0.778 bits per heavy atom. The molecule has 1 N–H and O–H groups in total. The molecule has 0 aliphatic rings. The lowest BCUT2D eigenvalue weighted by Gasteiger charge is -2.16. The van der Waals surface area contributed by atoms with E-state index in [2.05, 4.69) is 19.1 Å². The van der Waals surface area contributed by atoms with Crippen molar-refractivity contribution in [2.75, 3.05) is 0 Å². The molecule has 0 aromatic rings. The molecule has 1 radical (unpaired) electrons. The van der Waals surface area contributed by atoms with Crippen LogP contribution in [0.1, 0.15) is 91.4 Å². The van der Waals surface area contributed by atoms with Gasteiger partial charge in [-0.05, 0) is 39.5 Å². The highest BCUT2D eigenvalue weighted by Gasteiger charge is 2.09. The van der Waals surface area contributed by atoms with Crippen molar-refractivity contribution in [3.8, 4) is 0 Å². The predicted molar refractivity (Wildman–Crippen MR) is 82.8 cm³/mol. The number of allylic oxidation sites excluding steroid dienone is 2. The second kappa shape index (κ2) is 11.8. The molecule has 0 aromatic heterocycles. The van der Waals surface area contributed by atoms with Crippen LogP contribution < -0.4 is 5.73 Å². The van der Waals surface area contributed by atoms with Crippen LogP contribution in [0.4, 0.5) is 0 Å². The van der Waals surface area contributed by atoms with E-state index in [1.54, 1.807) is 0 Å². The van der Waals surface area contributed by atoms with Crippen LogP contribution in [0.5, 0.6) is 0 Å². The van der Waals surface area contributed by atoms with Gasteiger partial charge in [0, 0.05) is 5.54 Å². The molecular weight excluding hydrogens is 218 g/mol. The van der Waals surface area contributed by atoms with Gasteiger partial charge in [-0.1, -0.05) is 64.0 Å². The predicted octanol–water partition coefficient (Wildman–Crippen LogP) is 5.92. The fraction of sp³-hybridized carbons (Fsp3) is 0.882. The van der Waals surface area contributed by atoms with Crippen LogP contribution in [0.3, 0.4) is 0 Å². The maximum atomic E-state index is 7.76. The molecule has 1 nitrogen and oxygen atoms in total. The van der Waals surface area contributed by atoms with Crippen molar-refractivity contribution in [3.63, 3.8) is 0 Å². The van der Waals surface area contributed by atoms with E-state index in [0.29, 0.717) is 0 Å². The highest BCUT2D eigenvalue weighted by Crippen LogP contribution is 2.14. The van der Waals surface area contributed by atoms with Crippen LogP contribution in [-0.4, -0.2) is 5.54 Å². The zero-order valence-electron chi connectivity index (χ0n) is 12.9. The Hall–Kier alpha value is -0.300. The zero-order chi connectivity index (χ0) is 13.7. The molecule has 0 aromatic carbocycles. The summed E-state index contributed by atoms with van der Waals surface area (Å²) in [6.45, 7) is 6.27. The van der Waals surface area contributed by atoms with Crippen molar-refractivity contribution in [3.05, 3.63) is 12.2 Å². The van der Waals surface area contributed by atoms with E-state index in [1.165, 1.54) is 64.2 Å². The first-order valence-electron chi connectivity index (χ1n) is 7.96. The van der Waals surface area contributed by atoms with E-state index in [4.69, 9.17) is 5.73 Å². The summed E-state index contributed by atoms with van der Waals surface area (Å²) in [5.41, 5.74) is 7.55. The number of unbranched alkanes of at least 4 members (excludes halogenated alkanes) is 8. The van der Waals surface area contributed by atoms with Crippen LogP contribution in [0.25, 0.3) is 0 Å². The quantitative estimate of drug-likeness (QED) is 0.304. The molecule has 0 saturated heterocycles. The van der Waals surface area contributed by atoms with E-state index < -0.39 is 0 Å². The number of hydrogen-bond acceptors (Lipinski definition) is 0. The molecule has 0 spiro atoms. The minimum atomic E-state index is -0.219. The highest BCUT2D eigenvalue weighted by atomic mass is 14.7. The van der Waals surface area contributed by atoms with Crippen molar-refractivity contribution in [1.29, 1.82) is 0 Å². The molecule has 0 atom stereocenters. The van der Waals surface area contributed by atoms with Gasteiger partial charge < -0.3 is 0 Å². The molecule has 1 heteroatoms. The summed E-state index contributed by atoms with van der Waals surface area (Å²) in [5.74, 6) is 0. The van der Waals surface area contributed by atoms with Gasteiger partial charge in [-0.3, -0.25) is 5.73 Å². The number of nitrogens with one attached hydrogen (secondary N) is 1. The molecule has 0 unspecified atom stereocenters. The molecule has 0 amide bonds. The monoisotopic (exact) mass is 252 g/mol. The van der Waals surface area contributed by atoms with Crippen LogP contribution in [0, 0.1) is 0 Å². The van der Waals surface area contributed by atoms with Gasteiger partial charge in [-0.25, -0.2) is 0 Å². The van der Waals surface area contributed by atoms with Crippen LogP contribution in [0.2, 0.25) is 0 Å². The minimum absolute atomic E-state index is 0.219. The van der Waals surface area contributed by atoms with Crippen LogP contribution in [0.15, 0.2) is 12.2 Å². The molecule has 0 saturated carbocycles. The lowest BCUT2D eigenvalue weighted by atomic mass is 9.97. The summed E-state index contributed by atoms with van der Waals surface area (Å²) in [6, 6.07) is 0. The number of hydrogen-bond donors (Lipinski definition) is 0. The first-order valence-corrected chi connectivity index (χ1v) is 7.96. The third kappa shape index (κ3) is 15.7. The summed E-state index contributed by atoms with van der Waals surface area (Å²) >= 11 is 0. The fourth-order valence-electron chi connectivity index (χ4n) is 2.09. The Morgan fingerprint density at radius 3 is 1.83 bits per heavy atom. The average molecular weight is 252 g/mol. The van der Waals surface area contributed by atoms with E-state index in [0.717, 1.165) is 6.42 Å². The maximum absolute atomic E-state index is 7.76. The highest BCUT2D eigenvalue weighted by molar-refractivity contribution is 4.81. The molecule has 0 bridgehead atoms. The molecule has 0 rings (SSSR count). The SMILES string of the molecule is CCCCC=CCCCCCCCCC(C)(C)[NH]. The van der Waals surface area contributed by atoms with Crippen molar-refractivity contribution in [1.82, 2.24) is 5.73 Å². The van der Waals surface area contributed by atoms with Gasteiger partial charge in [0.1, 0.15) is 0 Å². The van der Waals surface area contributed by atoms with Gasteiger partial charge >= 0.3 is 0 Å². The molecule has 0 heterocycles. The lowest BCUT2D eigenvalue weighted by molar-refractivity contribution is 0.428. The van der Waals surface area contributed by atoms with Crippen LogP contribution >= 0.6 is 0 Å². The second-order valence-corrected chi connectivity index (χ2v) is 6.16. The zero-order valence-corrected chi connectivity index (χ0v) is 12.9. The van der Waals surface area contributed by atoms with Gasteiger partial charge in [0.05, 0.1) is 0 Å². The number of rotatable bonds is 12. The first kappa shape index (κ1) is 17.7. The average Bonchev–Trinajstić information content (AvgIpc) is 2.29. The summed E-state index contributed by atoms with van der Waals surface area (Å²) in [6.07, 6.45) is 18.9. The smallest absolute Gasteiger partial charge is 0.0267 e. The van der Waals surface area contributed by atoms with Gasteiger partial charge in [-0.2, -0.15) is 0 Å². The molecular formula is C17H34N. The Kier molecular flexibility index (Phi) is 11.6. The van der Waals surface area contributed by atoms with Gasteiger partial charge in [0.15, 0.2) is 0 Å². The minimum Gasteiger partial charge on any atom is -0.252 e. The first-order chi connectivity index (χ1) is 8.56. The van der Waals surface area contributed by atoms with Crippen molar-refractivity contribution in [2.24, 2.45) is 0 Å². The van der Waals surface area contributed by atoms with Gasteiger partial charge in [0.25, 0.3) is 0 Å². The Morgan fingerprint density at radius 2 is 1.28 bits per heavy atom. The van der Waals surface area contributed by atoms with Crippen molar-refractivity contribution in [2.45, 2.75) is 96.9 Å². The second-order valence-electron chi connectivity index (χ2n) is 6.16. The molecule has 0 fully saturated rings. The largest absolute Gasteiger partial charge is 0.252 e. The van der Waals surface area contributed by atoms with Gasteiger partial charge in [0.2, 0.25) is 0 Å². The molecule has 107 valence electrons. The topological polar surface area (TPSA) is 23.8 Å². The van der Waals surface area contributed by atoms with E-state index >= 15 is 0 Å². The van der Waals surface area contributed by atoms with E-state index in [1.807, 2.05) is 13.8 Å². The van der Waals surface area contributed by atoms with Crippen molar-refractivity contribution < 1.29 is 0 Å². The summed E-state index contributed by atoms with van der Waals surface area (Å²) < 4.78 is 0. The Bertz CT molecular complexity index is 188. The van der Waals surface area contributed by atoms with Crippen LogP contribution in [-0.2, 0) is 0 Å². The molecule has 0 aliphatic carbocycles. The third-order valence-electron chi connectivity index (χ3n) is 3.31. The lowest BCUT2D eigenvalue weighted by Crippen LogP contribution is -2.20. The Labute approximate surface area is 115 Å². The van der Waals surface area contributed by atoms with Gasteiger partial charge in [-0.15, -0.1) is 0 Å². The summed E-state index contributed by atoms with van der Waals surface area (Å²) in [5, 5.41) is 0. The van der Waals surface area contributed by atoms with E-state index in [9.17, 15) is 0 Å². The standard InChI is InChI=1S/C17H34N/c1-4-5-6-7-8-9-10-11-12-13-14-15-16-17(2,3)18/h7-8,18H,4-6,9-16H2,1-3H3. The van der Waals surface area contributed by atoms with E-state index in [-0.39, 0.29) is 5.54 Å². The summed E-state index contributed by atoms with van der Waals surface area (Å²) in [7, 11) is 0. The molecule has 18 heavy (non-hydrogen) atoms. The maximum Gasteiger partial charge on any atom is 0.0267 e. The van der Waals surface area contributed by atoms with Crippen molar-refractivity contribution >= 4 is 0 Å². The third-order valence-corrected chi connectivity index (χ3v) is 3.31. The summed E-state index contributed by atoms with van der Waals surface area (Å²) in [4.78, 5) is 0. The normalized spacial score (nSPS) is 12.4. The Balaban J connectivity index is 3.10.